The molecule has 5 nitrogen and oxygen atoms in total. The predicted molar refractivity (Wildman–Crippen MR) is 91.6 cm³/mol. The number of halogens is 1. The Balaban J connectivity index is 0.00000441. The summed E-state index contributed by atoms with van der Waals surface area (Å²) in [6.07, 6.45) is 3.69. The van der Waals surface area contributed by atoms with Gasteiger partial charge in [0.15, 0.2) is 0 Å². The highest BCUT2D eigenvalue weighted by atomic mass is 35.5. The van der Waals surface area contributed by atoms with E-state index in [4.69, 9.17) is 15.9 Å². The Kier molecular flexibility index (Phi) is 10.5. The molecule has 1 atom stereocenters. The summed E-state index contributed by atoms with van der Waals surface area (Å²) < 4.78 is 5.28. The molecule has 0 spiro atoms. The van der Waals surface area contributed by atoms with Gasteiger partial charge >= 0.3 is 5.97 Å². The van der Waals surface area contributed by atoms with Gasteiger partial charge in [-0.25, -0.2) is 0 Å². The summed E-state index contributed by atoms with van der Waals surface area (Å²) in [5.41, 5.74) is 6.04. The second kappa shape index (κ2) is 11.2. The van der Waals surface area contributed by atoms with E-state index in [9.17, 15) is 4.79 Å². The van der Waals surface area contributed by atoms with Crippen molar-refractivity contribution in [2.75, 3.05) is 13.1 Å². The molecule has 1 aromatic rings. The summed E-state index contributed by atoms with van der Waals surface area (Å²) in [7, 11) is 0. The fourth-order valence-electron chi connectivity index (χ4n) is 1.91. The minimum absolute atomic E-state index is 0. The lowest BCUT2D eigenvalue weighted by molar-refractivity contribution is -0.151. The number of rotatable bonds is 10. The molecule has 1 unspecified atom stereocenters. The molecule has 0 aliphatic heterocycles. The van der Waals surface area contributed by atoms with Crippen molar-refractivity contribution in [1.29, 1.82) is 5.41 Å². The molecule has 0 bridgehead atoms. The molecule has 4 N–H and O–H groups in total. The molecule has 0 saturated carbocycles. The molecule has 0 amide bonds. The third kappa shape index (κ3) is 8.12. The maximum Gasteiger partial charge on any atom is 0.326 e. The Morgan fingerprint density at radius 2 is 2.05 bits per heavy atom. The van der Waals surface area contributed by atoms with Crippen molar-refractivity contribution >= 4 is 24.6 Å². The predicted octanol–water partition coefficient (Wildman–Crippen LogP) is 2.28. The van der Waals surface area contributed by atoms with Gasteiger partial charge in [0, 0.05) is 12.8 Å². The monoisotopic (exact) mass is 327 g/mol. The van der Waals surface area contributed by atoms with E-state index in [-0.39, 0.29) is 25.0 Å². The first kappa shape index (κ1) is 20.6. The van der Waals surface area contributed by atoms with Crippen molar-refractivity contribution in [2.24, 2.45) is 5.73 Å². The number of benzene rings is 1. The number of hydrogen-bond acceptors (Lipinski definition) is 5. The molecular weight excluding hydrogens is 302 g/mol. The Morgan fingerprint density at radius 1 is 1.36 bits per heavy atom. The lowest BCUT2D eigenvalue weighted by atomic mass is 9.96. The maximum absolute atomic E-state index is 12.0. The molecule has 124 valence electrons. The van der Waals surface area contributed by atoms with Crippen molar-refractivity contribution in [3.63, 3.8) is 0 Å². The smallest absolute Gasteiger partial charge is 0.326 e. The maximum atomic E-state index is 12.0. The lowest BCUT2D eigenvalue weighted by Crippen LogP contribution is -2.46. The van der Waals surface area contributed by atoms with Crippen LogP contribution in [0.4, 0.5) is 0 Å². The highest BCUT2D eigenvalue weighted by molar-refractivity contribution is 5.85. The molecule has 1 aromatic carbocycles. The van der Waals surface area contributed by atoms with Crippen LogP contribution in [0.2, 0.25) is 0 Å². The van der Waals surface area contributed by atoms with E-state index in [1.54, 1.807) is 6.92 Å². The molecule has 6 heteroatoms. The van der Waals surface area contributed by atoms with E-state index in [2.05, 4.69) is 5.32 Å². The van der Waals surface area contributed by atoms with E-state index >= 15 is 0 Å². The zero-order valence-corrected chi connectivity index (χ0v) is 13.8. The summed E-state index contributed by atoms with van der Waals surface area (Å²) in [6.45, 7) is 3.38. The van der Waals surface area contributed by atoms with Gasteiger partial charge in [-0.3, -0.25) is 4.79 Å². The van der Waals surface area contributed by atoms with Gasteiger partial charge < -0.3 is 21.2 Å². The van der Waals surface area contributed by atoms with Gasteiger partial charge in [0.1, 0.15) is 12.1 Å². The standard InChI is InChI=1S/C16H25N3O2.ClH/c1-16(18,9-5-6-11-19-12-10-17)15(20)21-13-14-7-3-2-4-8-14;/h2-4,7-8,10,17,19H,5-6,9,11-13,18H2,1H3;1H. The molecule has 0 aliphatic carbocycles. The molecule has 22 heavy (non-hydrogen) atoms. The Hall–Kier alpha value is -1.43. The van der Waals surface area contributed by atoms with E-state index < -0.39 is 5.54 Å². The second-order valence-corrected chi connectivity index (χ2v) is 5.34. The minimum atomic E-state index is -0.948. The minimum Gasteiger partial charge on any atom is -0.459 e. The molecule has 0 saturated heterocycles. The van der Waals surface area contributed by atoms with E-state index in [1.807, 2.05) is 30.3 Å². The lowest BCUT2D eigenvalue weighted by Gasteiger charge is -2.22. The van der Waals surface area contributed by atoms with Crippen LogP contribution in [0, 0.1) is 5.41 Å². The summed E-state index contributed by atoms with van der Waals surface area (Å²) in [6, 6.07) is 9.56. The van der Waals surface area contributed by atoms with Crippen LogP contribution in [0.15, 0.2) is 30.3 Å². The van der Waals surface area contributed by atoms with Gasteiger partial charge in [0.25, 0.3) is 0 Å². The largest absolute Gasteiger partial charge is 0.459 e. The van der Waals surface area contributed by atoms with Crippen LogP contribution in [0.3, 0.4) is 0 Å². The molecule has 0 fully saturated rings. The number of nitrogens with one attached hydrogen (secondary N) is 2. The summed E-state index contributed by atoms with van der Waals surface area (Å²) in [5.74, 6) is -0.362. The van der Waals surface area contributed by atoms with Crippen molar-refractivity contribution in [3.05, 3.63) is 35.9 Å². The topological polar surface area (TPSA) is 88.2 Å². The van der Waals surface area contributed by atoms with Crippen molar-refractivity contribution < 1.29 is 9.53 Å². The molecule has 1 rings (SSSR count). The van der Waals surface area contributed by atoms with Crippen LogP contribution in [-0.2, 0) is 16.1 Å². The van der Waals surface area contributed by atoms with Gasteiger partial charge in [-0.2, -0.15) is 0 Å². The number of carbonyl (C=O) groups is 1. The average Bonchev–Trinajstić information content (AvgIpc) is 2.49. The zero-order chi connectivity index (χ0) is 15.6. The molecule has 0 aromatic heterocycles. The Morgan fingerprint density at radius 3 is 2.68 bits per heavy atom. The number of carbonyl (C=O) groups excluding carboxylic acids is 1. The first-order valence-corrected chi connectivity index (χ1v) is 7.26. The quantitative estimate of drug-likeness (QED) is 0.349. The molecule has 0 radical (unpaired) electrons. The van der Waals surface area contributed by atoms with E-state index in [1.165, 1.54) is 6.21 Å². The third-order valence-electron chi connectivity index (χ3n) is 3.23. The zero-order valence-electron chi connectivity index (χ0n) is 13.0. The van der Waals surface area contributed by atoms with Crippen molar-refractivity contribution in [3.8, 4) is 0 Å². The SMILES string of the molecule is CC(N)(CCCCNCC=N)C(=O)OCc1ccccc1.Cl. The van der Waals surface area contributed by atoms with Gasteiger partial charge in [-0.05, 0) is 38.3 Å². The van der Waals surface area contributed by atoms with E-state index in [0.29, 0.717) is 13.0 Å². The van der Waals surface area contributed by atoms with Gasteiger partial charge in [0.05, 0.1) is 0 Å². The highest BCUT2D eigenvalue weighted by Gasteiger charge is 2.29. The third-order valence-corrected chi connectivity index (χ3v) is 3.23. The van der Waals surface area contributed by atoms with Gasteiger partial charge in [-0.1, -0.05) is 30.3 Å². The van der Waals surface area contributed by atoms with E-state index in [0.717, 1.165) is 24.9 Å². The summed E-state index contributed by atoms with van der Waals surface area (Å²) in [5, 5.41) is 9.98. The van der Waals surface area contributed by atoms with Crippen LogP contribution in [0.25, 0.3) is 0 Å². The number of hydrogen-bond donors (Lipinski definition) is 3. The number of ether oxygens (including phenoxy) is 1. The average molecular weight is 328 g/mol. The first-order valence-electron chi connectivity index (χ1n) is 7.26. The van der Waals surface area contributed by atoms with Crippen LogP contribution < -0.4 is 11.1 Å². The number of esters is 1. The van der Waals surface area contributed by atoms with Crippen LogP contribution in [0.1, 0.15) is 31.7 Å². The Bertz CT molecular complexity index is 438. The van der Waals surface area contributed by atoms with Crippen molar-refractivity contribution in [2.45, 2.75) is 38.3 Å². The van der Waals surface area contributed by atoms with Gasteiger partial charge in [0.2, 0.25) is 0 Å². The van der Waals surface area contributed by atoms with Crippen LogP contribution in [0.5, 0.6) is 0 Å². The Labute approximate surface area is 138 Å². The fraction of sp³-hybridized carbons (Fsp3) is 0.500. The first-order chi connectivity index (χ1) is 10.1. The fourth-order valence-corrected chi connectivity index (χ4v) is 1.91. The summed E-state index contributed by atoms with van der Waals surface area (Å²) in [4.78, 5) is 12.0. The normalized spacial score (nSPS) is 12.8. The van der Waals surface area contributed by atoms with Crippen molar-refractivity contribution in [1.82, 2.24) is 5.32 Å². The molecular formula is C16H26ClN3O2. The molecule has 0 heterocycles. The van der Waals surface area contributed by atoms with Crippen LogP contribution >= 0.6 is 12.4 Å². The molecule has 0 aliphatic rings. The second-order valence-electron chi connectivity index (χ2n) is 5.34. The van der Waals surface area contributed by atoms with Crippen LogP contribution in [-0.4, -0.2) is 30.8 Å². The number of nitrogens with two attached hydrogens (primary N) is 1. The highest BCUT2D eigenvalue weighted by Crippen LogP contribution is 2.14. The number of unbranched alkanes of at least 4 members (excludes halogenated alkanes) is 1. The summed E-state index contributed by atoms with van der Waals surface area (Å²) >= 11 is 0. The van der Waals surface area contributed by atoms with Gasteiger partial charge in [-0.15, -0.1) is 12.4 Å².